The quantitative estimate of drug-likeness (QED) is 0.828. The van der Waals surface area contributed by atoms with Crippen LogP contribution in [0.4, 0.5) is 4.39 Å². The van der Waals surface area contributed by atoms with Gasteiger partial charge in [-0.1, -0.05) is 12.1 Å². The van der Waals surface area contributed by atoms with E-state index in [4.69, 9.17) is 0 Å². The normalized spacial score (nSPS) is 25.9. The second-order valence-electron chi connectivity index (χ2n) is 5.43. The molecule has 0 aromatic heterocycles. The Balaban J connectivity index is 2.09. The molecule has 3 heteroatoms. The topological polar surface area (TPSA) is 32.3 Å². The molecule has 0 spiro atoms. The molecule has 2 nitrogen and oxygen atoms in total. The molecule has 1 saturated heterocycles. The van der Waals surface area contributed by atoms with Crippen LogP contribution in [0.25, 0.3) is 0 Å². The van der Waals surface area contributed by atoms with Crippen molar-refractivity contribution in [1.29, 1.82) is 0 Å². The fourth-order valence-corrected chi connectivity index (χ4v) is 2.51. The number of aliphatic hydroxyl groups is 1. The monoisotopic (exact) mass is 237 g/mol. The van der Waals surface area contributed by atoms with Crippen LogP contribution in [0.15, 0.2) is 24.3 Å². The average Bonchev–Trinajstić information content (AvgIpc) is 2.29. The van der Waals surface area contributed by atoms with Crippen molar-refractivity contribution >= 4 is 0 Å². The highest BCUT2D eigenvalue weighted by molar-refractivity contribution is 5.20. The van der Waals surface area contributed by atoms with Crippen LogP contribution in [0.2, 0.25) is 0 Å². The third-order valence-corrected chi connectivity index (χ3v) is 3.68. The van der Waals surface area contributed by atoms with Crippen molar-refractivity contribution in [2.45, 2.75) is 38.3 Å². The molecule has 1 fully saturated rings. The van der Waals surface area contributed by atoms with Crippen molar-refractivity contribution in [1.82, 2.24) is 5.32 Å². The summed E-state index contributed by atoms with van der Waals surface area (Å²) in [6, 6.07) is 6.84. The number of halogens is 1. The molecule has 0 bridgehead atoms. The van der Waals surface area contributed by atoms with Gasteiger partial charge in [-0.05, 0) is 56.8 Å². The van der Waals surface area contributed by atoms with Gasteiger partial charge in [-0.15, -0.1) is 0 Å². The summed E-state index contributed by atoms with van der Waals surface area (Å²) in [6.07, 6.45) is 1.89. The van der Waals surface area contributed by atoms with E-state index in [-0.39, 0.29) is 11.9 Å². The van der Waals surface area contributed by atoms with E-state index in [0.717, 1.165) is 24.9 Å². The van der Waals surface area contributed by atoms with Gasteiger partial charge in [-0.25, -0.2) is 4.39 Å². The SMILES string of the molecule is CC(C)(O)C1CCNC(c2ccc(F)cc2)C1. The van der Waals surface area contributed by atoms with Crippen molar-refractivity contribution in [2.24, 2.45) is 5.92 Å². The van der Waals surface area contributed by atoms with E-state index < -0.39 is 5.60 Å². The van der Waals surface area contributed by atoms with Crippen LogP contribution in [0.3, 0.4) is 0 Å². The summed E-state index contributed by atoms with van der Waals surface area (Å²) in [4.78, 5) is 0. The Morgan fingerprint density at radius 3 is 2.53 bits per heavy atom. The van der Waals surface area contributed by atoms with E-state index in [1.807, 2.05) is 26.0 Å². The molecule has 17 heavy (non-hydrogen) atoms. The van der Waals surface area contributed by atoms with Gasteiger partial charge in [0.05, 0.1) is 5.60 Å². The molecule has 0 aliphatic carbocycles. The number of benzene rings is 1. The lowest BCUT2D eigenvalue weighted by Crippen LogP contribution is -2.41. The molecular formula is C14H20FNO. The maximum absolute atomic E-state index is 12.9. The van der Waals surface area contributed by atoms with Crippen molar-refractivity contribution in [3.8, 4) is 0 Å². The van der Waals surface area contributed by atoms with Crippen LogP contribution in [0, 0.1) is 11.7 Å². The molecule has 94 valence electrons. The predicted octanol–water partition coefficient (Wildman–Crippen LogP) is 2.64. The van der Waals surface area contributed by atoms with E-state index in [1.165, 1.54) is 12.1 Å². The number of nitrogens with one attached hydrogen (secondary N) is 1. The van der Waals surface area contributed by atoms with E-state index in [2.05, 4.69) is 5.32 Å². The van der Waals surface area contributed by atoms with Crippen molar-refractivity contribution < 1.29 is 9.50 Å². The average molecular weight is 237 g/mol. The zero-order valence-corrected chi connectivity index (χ0v) is 10.4. The molecule has 2 rings (SSSR count). The predicted molar refractivity (Wildman–Crippen MR) is 66.2 cm³/mol. The van der Waals surface area contributed by atoms with Gasteiger partial charge < -0.3 is 10.4 Å². The number of rotatable bonds is 2. The minimum atomic E-state index is -0.639. The van der Waals surface area contributed by atoms with Crippen molar-refractivity contribution in [2.75, 3.05) is 6.54 Å². The molecule has 1 aromatic carbocycles. The van der Waals surface area contributed by atoms with Crippen molar-refractivity contribution in [3.63, 3.8) is 0 Å². The largest absolute Gasteiger partial charge is 0.390 e. The summed E-state index contributed by atoms with van der Waals surface area (Å²) >= 11 is 0. The molecule has 0 saturated carbocycles. The molecule has 2 atom stereocenters. The standard InChI is InChI=1S/C14H20FNO/c1-14(2,17)11-7-8-16-13(9-11)10-3-5-12(15)6-4-10/h3-6,11,13,16-17H,7-9H2,1-2H3. The second kappa shape index (κ2) is 4.75. The maximum Gasteiger partial charge on any atom is 0.123 e. The van der Waals surface area contributed by atoms with E-state index in [0.29, 0.717) is 5.92 Å². The first-order chi connectivity index (χ1) is 7.97. The first kappa shape index (κ1) is 12.5. The molecule has 2 unspecified atom stereocenters. The molecule has 2 N–H and O–H groups in total. The van der Waals surface area contributed by atoms with Gasteiger partial charge in [0.25, 0.3) is 0 Å². The Labute approximate surface area is 102 Å². The fraction of sp³-hybridized carbons (Fsp3) is 0.571. The van der Waals surface area contributed by atoms with Gasteiger partial charge in [0, 0.05) is 6.04 Å². The van der Waals surface area contributed by atoms with Crippen LogP contribution in [-0.2, 0) is 0 Å². The molecule has 1 aliphatic heterocycles. The van der Waals surface area contributed by atoms with E-state index >= 15 is 0 Å². The summed E-state index contributed by atoms with van der Waals surface area (Å²) in [5.74, 6) is 0.0856. The van der Waals surface area contributed by atoms with Crippen molar-refractivity contribution in [3.05, 3.63) is 35.6 Å². The molecular weight excluding hydrogens is 217 g/mol. The van der Waals surface area contributed by atoms with Gasteiger partial charge in [0.15, 0.2) is 0 Å². The summed E-state index contributed by atoms with van der Waals surface area (Å²) in [6.45, 7) is 4.63. The number of piperidine rings is 1. The molecule has 0 amide bonds. The number of hydrogen-bond donors (Lipinski definition) is 2. The third-order valence-electron chi connectivity index (χ3n) is 3.68. The zero-order valence-electron chi connectivity index (χ0n) is 10.4. The summed E-state index contributed by atoms with van der Waals surface area (Å²) in [5, 5.41) is 13.5. The lowest BCUT2D eigenvalue weighted by Gasteiger charge is -2.37. The number of hydrogen-bond acceptors (Lipinski definition) is 2. The third kappa shape index (κ3) is 3.05. The minimum Gasteiger partial charge on any atom is -0.390 e. The van der Waals surface area contributed by atoms with Gasteiger partial charge >= 0.3 is 0 Å². The van der Waals surface area contributed by atoms with Gasteiger partial charge in [-0.2, -0.15) is 0 Å². The van der Waals surface area contributed by atoms with Crippen LogP contribution < -0.4 is 5.32 Å². The summed E-state index contributed by atoms with van der Waals surface area (Å²) in [5.41, 5.74) is 0.459. The highest BCUT2D eigenvalue weighted by atomic mass is 19.1. The lowest BCUT2D eigenvalue weighted by atomic mass is 9.79. The summed E-state index contributed by atoms with van der Waals surface area (Å²) < 4.78 is 12.9. The molecule has 1 aliphatic rings. The van der Waals surface area contributed by atoms with Gasteiger partial charge in [-0.3, -0.25) is 0 Å². The molecule has 1 heterocycles. The van der Waals surface area contributed by atoms with E-state index in [9.17, 15) is 9.50 Å². The maximum atomic E-state index is 12.9. The first-order valence-electron chi connectivity index (χ1n) is 6.18. The summed E-state index contributed by atoms with van der Waals surface area (Å²) in [7, 11) is 0. The molecule has 1 aromatic rings. The smallest absolute Gasteiger partial charge is 0.123 e. The Bertz CT molecular complexity index is 369. The highest BCUT2D eigenvalue weighted by Gasteiger charge is 2.32. The Kier molecular flexibility index (Phi) is 3.50. The van der Waals surface area contributed by atoms with Crippen LogP contribution in [-0.4, -0.2) is 17.3 Å². The Morgan fingerprint density at radius 1 is 1.29 bits per heavy atom. The van der Waals surface area contributed by atoms with Crippen LogP contribution >= 0.6 is 0 Å². The highest BCUT2D eigenvalue weighted by Crippen LogP contribution is 2.33. The second-order valence-corrected chi connectivity index (χ2v) is 5.43. The Hall–Kier alpha value is -0.930. The van der Waals surface area contributed by atoms with E-state index in [1.54, 1.807) is 0 Å². The van der Waals surface area contributed by atoms with Crippen LogP contribution in [0.1, 0.15) is 38.3 Å². The van der Waals surface area contributed by atoms with Gasteiger partial charge in [0.1, 0.15) is 5.82 Å². The fourth-order valence-electron chi connectivity index (χ4n) is 2.51. The first-order valence-corrected chi connectivity index (χ1v) is 6.18. The zero-order chi connectivity index (χ0) is 12.5. The lowest BCUT2D eigenvalue weighted by molar-refractivity contribution is -0.00353. The molecule has 0 radical (unpaired) electrons. The van der Waals surface area contributed by atoms with Gasteiger partial charge in [0.2, 0.25) is 0 Å². The van der Waals surface area contributed by atoms with Crippen LogP contribution in [0.5, 0.6) is 0 Å². The minimum absolute atomic E-state index is 0.205. The Morgan fingerprint density at radius 2 is 1.94 bits per heavy atom.